The highest BCUT2D eigenvalue weighted by Crippen LogP contribution is 2.32. The summed E-state index contributed by atoms with van der Waals surface area (Å²) in [5.74, 6) is 1.87. The molecule has 102 valence electrons. The predicted octanol–water partition coefficient (Wildman–Crippen LogP) is 3.25. The number of hydrogen-bond donors (Lipinski definition) is 1. The summed E-state index contributed by atoms with van der Waals surface area (Å²) in [6.45, 7) is 5.00. The Balaban J connectivity index is 2.88. The Morgan fingerprint density at radius 1 is 1.44 bits per heavy atom. The minimum Gasteiger partial charge on any atom is -0.491 e. The van der Waals surface area contributed by atoms with Crippen LogP contribution in [-0.4, -0.2) is 31.7 Å². The van der Waals surface area contributed by atoms with Gasteiger partial charge in [-0.2, -0.15) is 11.8 Å². The van der Waals surface area contributed by atoms with Crippen molar-refractivity contribution in [2.24, 2.45) is 0 Å². The molecule has 1 aromatic carbocycles. The molecule has 0 aromatic heterocycles. The Bertz CT molecular complexity index is 371. The fourth-order valence-electron chi connectivity index (χ4n) is 1.77. The summed E-state index contributed by atoms with van der Waals surface area (Å²) >= 11 is 1.84. The smallest absolute Gasteiger partial charge is 0.144 e. The van der Waals surface area contributed by atoms with Crippen molar-refractivity contribution in [3.05, 3.63) is 18.2 Å². The average Bonchev–Trinajstić information content (AvgIpc) is 2.37. The number of nitrogens with two attached hydrogens (primary N) is 1. The van der Waals surface area contributed by atoms with E-state index in [1.54, 1.807) is 0 Å². The van der Waals surface area contributed by atoms with Crippen LogP contribution in [0.3, 0.4) is 0 Å². The molecule has 0 radical (unpaired) electrons. The number of nitrogens with zero attached hydrogens (tertiary/aromatic N) is 1. The Morgan fingerprint density at radius 3 is 2.78 bits per heavy atom. The van der Waals surface area contributed by atoms with E-state index in [-0.39, 0.29) is 0 Å². The van der Waals surface area contributed by atoms with Gasteiger partial charge >= 0.3 is 0 Å². The molecule has 1 atom stereocenters. The summed E-state index contributed by atoms with van der Waals surface area (Å²) in [5.41, 5.74) is 7.97. The van der Waals surface area contributed by atoms with Crippen molar-refractivity contribution in [2.75, 3.05) is 36.3 Å². The van der Waals surface area contributed by atoms with Crippen molar-refractivity contribution >= 4 is 23.1 Å². The molecule has 0 saturated carbocycles. The topological polar surface area (TPSA) is 38.5 Å². The van der Waals surface area contributed by atoms with E-state index in [0.29, 0.717) is 12.6 Å². The molecule has 0 heterocycles. The molecule has 0 bridgehead atoms. The van der Waals surface area contributed by atoms with Crippen molar-refractivity contribution < 1.29 is 4.74 Å². The first kappa shape index (κ1) is 15.0. The molecule has 3 nitrogen and oxygen atoms in total. The van der Waals surface area contributed by atoms with E-state index < -0.39 is 0 Å². The van der Waals surface area contributed by atoms with Gasteiger partial charge in [0.1, 0.15) is 5.75 Å². The maximum atomic E-state index is 6.19. The third-order valence-electron chi connectivity index (χ3n) is 2.95. The molecule has 0 spiro atoms. The lowest BCUT2D eigenvalue weighted by Gasteiger charge is -2.28. The maximum absolute atomic E-state index is 6.19. The van der Waals surface area contributed by atoms with Gasteiger partial charge in [-0.25, -0.2) is 0 Å². The highest BCUT2D eigenvalue weighted by atomic mass is 32.2. The van der Waals surface area contributed by atoms with Gasteiger partial charge in [0.05, 0.1) is 18.0 Å². The van der Waals surface area contributed by atoms with Gasteiger partial charge in [-0.1, -0.05) is 13.0 Å². The van der Waals surface area contributed by atoms with E-state index in [0.717, 1.165) is 29.3 Å². The Morgan fingerprint density at radius 2 is 2.17 bits per heavy atom. The summed E-state index contributed by atoms with van der Waals surface area (Å²) in [6.07, 6.45) is 3.11. The molecule has 0 aliphatic heterocycles. The quantitative estimate of drug-likeness (QED) is 0.770. The fraction of sp³-hybridized carbons (Fsp3) is 0.571. The van der Waals surface area contributed by atoms with Gasteiger partial charge in [0.25, 0.3) is 0 Å². The van der Waals surface area contributed by atoms with Crippen molar-refractivity contribution in [1.82, 2.24) is 0 Å². The molecule has 1 aromatic rings. The molecule has 0 aliphatic carbocycles. The Labute approximate surface area is 115 Å². The van der Waals surface area contributed by atoms with E-state index in [1.807, 2.05) is 30.0 Å². The lowest BCUT2D eigenvalue weighted by molar-refractivity contribution is 0.319. The highest BCUT2D eigenvalue weighted by Gasteiger charge is 2.14. The van der Waals surface area contributed by atoms with E-state index in [2.05, 4.69) is 32.1 Å². The Kier molecular flexibility index (Phi) is 6.19. The number of para-hydroxylation sites is 1. The monoisotopic (exact) mass is 268 g/mol. The molecular weight excluding hydrogens is 244 g/mol. The summed E-state index contributed by atoms with van der Waals surface area (Å²) in [7, 11) is 2.08. The molecule has 18 heavy (non-hydrogen) atoms. The SMILES string of the molecule is CCCOc1cccc(N(C)C(C)CSC)c1N. The summed E-state index contributed by atoms with van der Waals surface area (Å²) < 4.78 is 5.66. The summed E-state index contributed by atoms with van der Waals surface area (Å²) in [6, 6.07) is 6.43. The average molecular weight is 268 g/mol. The second kappa shape index (κ2) is 7.41. The van der Waals surface area contributed by atoms with E-state index in [4.69, 9.17) is 10.5 Å². The first-order valence-electron chi connectivity index (χ1n) is 6.34. The van der Waals surface area contributed by atoms with Crippen LogP contribution in [0, 0.1) is 0 Å². The largest absolute Gasteiger partial charge is 0.491 e. The summed E-state index contributed by atoms with van der Waals surface area (Å²) in [5, 5.41) is 0. The van der Waals surface area contributed by atoms with Crippen molar-refractivity contribution in [3.8, 4) is 5.75 Å². The van der Waals surface area contributed by atoms with E-state index in [1.165, 1.54) is 0 Å². The van der Waals surface area contributed by atoms with Crippen molar-refractivity contribution in [3.63, 3.8) is 0 Å². The minimum atomic E-state index is 0.448. The molecule has 0 fully saturated rings. The van der Waals surface area contributed by atoms with E-state index in [9.17, 15) is 0 Å². The predicted molar refractivity (Wildman–Crippen MR) is 82.9 cm³/mol. The normalized spacial score (nSPS) is 12.2. The highest BCUT2D eigenvalue weighted by molar-refractivity contribution is 7.98. The van der Waals surface area contributed by atoms with Gasteiger partial charge < -0.3 is 15.4 Å². The number of hydrogen-bond acceptors (Lipinski definition) is 4. The van der Waals surface area contributed by atoms with Crippen LogP contribution in [-0.2, 0) is 0 Å². The van der Waals surface area contributed by atoms with Crippen LogP contribution in [0.2, 0.25) is 0 Å². The van der Waals surface area contributed by atoms with Crippen LogP contribution in [0.1, 0.15) is 20.3 Å². The molecule has 1 rings (SSSR count). The molecule has 4 heteroatoms. The van der Waals surface area contributed by atoms with Crippen molar-refractivity contribution in [2.45, 2.75) is 26.3 Å². The second-order valence-corrected chi connectivity index (χ2v) is 5.36. The maximum Gasteiger partial charge on any atom is 0.144 e. The third-order valence-corrected chi connectivity index (χ3v) is 3.77. The zero-order valence-electron chi connectivity index (χ0n) is 11.8. The number of nitrogen functional groups attached to an aromatic ring is 1. The number of thioether (sulfide) groups is 1. The first-order valence-corrected chi connectivity index (χ1v) is 7.74. The molecular formula is C14H24N2OS. The standard InChI is InChI=1S/C14H24N2OS/c1-5-9-17-13-8-6-7-12(14(13)15)16(3)11(2)10-18-4/h6-8,11H,5,9-10,15H2,1-4H3. The molecule has 2 N–H and O–H groups in total. The van der Waals surface area contributed by atoms with Gasteiger partial charge in [-0.15, -0.1) is 0 Å². The third kappa shape index (κ3) is 3.73. The number of anilines is 2. The van der Waals surface area contributed by atoms with Crippen LogP contribution < -0.4 is 15.4 Å². The van der Waals surface area contributed by atoms with Gasteiger partial charge in [-0.05, 0) is 31.7 Å². The molecule has 1 unspecified atom stereocenters. The van der Waals surface area contributed by atoms with Crippen LogP contribution in [0.5, 0.6) is 5.75 Å². The fourth-order valence-corrected chi connectivity index (χ4v) is 2.47. The van der Waals surface area contributed by atoms with Crippen LogP contribution in [0.4, 0.5) is 11.4 Å². The minimum absolute atomic E-state index is 0.448. The summed E-state index contributed by atoms with van der Waals surface area (Å²) in [4.78, 5) is 2.21. The van der Waals surface area contributed by atoms with Gasteiger partial charge in [-0.3, -0.25) is 0 Å². The van der Waals surface area contributed by atoms with Gasteiger partial charge in [0.2, 0.25) is 0 Å². The zero-order valence-corrected chi connectivity index (χ0v) is 12.6. The lowest BCUT2D eigenvalue weighted by atomic mass is 10.2. The zero-order chi connectivity index (χ0) is 13.5. The van der Waals surface area contributed by atoms with Crippen molar-refractivity contribution in [1.29, 1.82) is 0 Å². The number of rotatable bonds is 7. The van der Waals surface area contributed by atoms with Gasteiger partial charge in [0, 0.05) is 18.8 Å². The molecule has 0 amide bonds. The number of benzene rings is 1. The van der Waals surface area contributed by atoms with E-state index >= 15 is 0 Å². The Hall–Kier alpha value is -1.03. The first-order chi connectivity index (χ1) is 8.61. The molecule has 0 aliphatic rings. The molecule has 0 saturated heterocycles. The lowest BCUT2D eigenvalue weighted by Crippen LogP contribution is -2.31. The second-order valence-electron chi connectivity index (χ2n) is 4.45. The van der Waals surface area contributed by atoms with Gasteiger partial charge in [0.15, 0.2) is 0 Å². The van der Waals surface area contributed by atoms with Crippen LogP contribution in [0.15, 0.2) is 18.2 Å². The van der Waals surface area contributed by atoms with Crippen LogP contribution in [0.25, 0.3) is 0 Å². The van der Waals surface area contributed by atoms with Crippen LogP contribution >= 0.6 is 11.8 Å². The number of ether oxygens (including phenoxy) is 1.